The Morgan fingerprint density at radius 1 is 0.750 bits per heavy atom. The number of carbonyl (C=O) groups is 2. The van der Waals surface area contributed by atoms with Gasteiger partial charge in [-0.25, -0.2) is 0 Å². The average molecular weight is 444 g/mol. The van der Waals surface area contributed by atoms with E-state index in [0.29, 0.717) is 39.0 Å². The first-order chi connectivity index (χ1) is 15.6. The molecule has 0 saturated heterocycles. The van der Waals surface area contributed by atoms with E-state index in [1.54, 1.807) is 79.0 Å². The summed E-state index contributed by atoms with van der Waals surface area (Å²) in [5, 5.41) is 6.08. The molecule has 0 unspecified atom stereocenters. The second kappa shape index (κ2) is 9.76. The van der Waals surface area contributed by atoms with Gasteiger partial charge in [-0.15, -0.1) is 0 Å². The van der Waals surface area contributed by atoms with Crippen LogP contribution < -0.4 is 15.4 Å². The second-order valence-electron chi connectivity index (χ2n) is 6.76. The van der Waals surface area contributed by atoms with Crippen molar-refractivity contribution in [3.05, 3.63) is 113 Å². The molecule has 0 aliphatic heterocycles. The van der Waals surface area contributed by atoms with E-state index in [1.165, 1.54) is 6.20 Å². The Labute approximate surface area is 189 Å². The zero-order valence-corrected chi connectivity index (χ0v) is 17.5. The predicted octanol–water partition coefficient (Wildman–Crippen LogP) is 6.03. The van der Waals surface area contributed by atoms with Gasteiger partial charge in [0.2, 0.25) is 0 Å². The largest absolute Gasteiger partial charge is 0.454 e. The smallest absolute Gasteiger partial charge is 0.257 e. The Morgan fingerprint density at radius 3 is 2.25 bits per heavy atom. The molecule has 0 saturated carbocycles. The van der Waals surface area contributed by atoms with Crippen molar-refractivity contribution in [2.75, 3.05) is 10.6 Å². The van der Waals surface area contributed by atoms with Gasteiger partial charge in [-0.2, -0.15) is 0 Å². The summed E-state index contributed by atoms with van der Waals surface area (Å²) >= 11 is 6.18. The fourth-order valence-electron chi connectivity index (χ4n) is 2.94. The van der Waals surface area contributed by atoms with E-state index in [9.17, 15) is 9.59 Å². The molecule has 32 heavy (non-hydrogen) atoms. The number of rotatable bonds is 6. The van der Waals surface area contributed by atoms with E-state index in [4.69, 9.17) is 16.3 Å². The maximum absolute atomic E-state index is 12.9. The summed E-state index contributed by atoms with van der Waals surface area (Å²) in [6.07, 6.45) is 3.07. The van der Waals surface area contributed by atoms with Crippen LogP contribution in [-0.4, -0.2) is 16.8 Å². The van der Waals surface area contributed by atoms with Crippen molar-refractivity contribution in [2.45, 2.75) is 0 Å². The maximum atomic E-state index is 12.9. The molecule has 0 aliphatic rings. The molecule has 2 amide bonds. The zero-order valence-electron chi connectivity index (χ0n) is 16.8. The summed E-state index contributed by atoms with van der Waals surface area (Å²) in [6.45, 7) is 0. The zero-order chi connectivity index (χ0) is 22.3. The first kappa shape index (κ1) is 21.1. The minimum absolute atomic E-state index is 0.311. The monoisotopic (exact) mass is 443 g/mol. The Balaban J connectivity index is 1.50. The highest BCUT2D eigenvalue weighted by Crippen LogP contribution is 2.33. The third-order valence-corrected chi connectivity index (χ3v) is 4.81. The van der Waals surface area contributed by atoms with Crippen LogP contribution in [0.4, 0.5) is 11.4 Å². The van der Waals surface area contributed by atoms with E-state index in [-0.39, 0.29) is 11.8 Å². The molecule has 4 rings (SSSR count). The molecule has 4 aromatic rings. The topological polar surface area (TPSA) is 80.3 Å². The standard InChI is InChI=1S/C25H18ClN3O3/c26-20-10-1-3-12-22(20)32-23-13-4-2-11-21(23)29-24(30)17-7-5-9-19(15-17)28-25(31)18-8-6-14-27-16-18/h1-16H,(H,28,31)(H,29,30). The van der Waals surface area contributed by atoms with Crippen LogP contribution in [0.3, 0.4) is 0 Å². The molecule has 0 radical (unpaired) electrons. The average Bonchev–Trinajstić information content (AvgIpc) is 2.82. The van der Waals surface area contributed by atoms with Gasteiger partial charge < -0.3 is 15.4 Å². The Kier molecular flexibility index (Phi) is 6.43. The Bertz CT molecular complexity index is 1260. The van der Waals surface area contributed by atoms with Gasteiger partial charge in [0.15, 0.2) is 5.75 Å². The van der Waals surface area contributed by atoms with Crippen molar-refractivity contribution in [3.8, 4) is 11.5 Å². The highest BCUT2D eigenvalue weighted by Gasteiger charge is 2.13. The van der Waals surface area contributed by atoms with Crippen molar-refractivity contribution in [1.82, 2.24) is 4.98 Å². The highest BCUT2D eigenvalue weighted by atomic mass is 35.5. The van der Waals surface area contributed by atoms with Crippen molar-refractivity contribution >= 4 is 34.8 Å². The number of halogens is 1. The van der Waals surface area contributed by atoms with Crippen LogP contribution in [0.2, 0.25) is 5.02 Å². The molecular formula is C25H18ClN3O3. The van der Waals surface area contributed by atoms with Crippen molar-refractivity contribution in [3.63, 3.8) is 0 Å². The number of carbonyl (C=O) groups excluding carboxylic acids is 2. The molecule has 0 bridgehead atoms. The van der Waals surface area contributed by atoms with Gasteiger partial charge in [0.05, 0.1) is 16.3 Å². The number of anilines is 2. The number of benzene rings is 3. The van der Waals surface area contributed by atoms with Gasteiger partial charge >= 0.3 is 0 Å². The molecule has 2 N–H and O–H groups in total. The lowest BCUT2D eigenvalue weighted by Crippen LogP contribution is -2.15. The molecule has 1 heterocycles. The number of hydrogen-bond acceptors (Lipinski definition) is 4. The molecule has 0 aliphatic carbocycles. The van der Waals surface area contributed by atoms with Crippen LogP contribution in [0.15, 0.2) is 97.3 Å². The number of nitrogens with one attached hydrogen (secondary N) is 2. The second-order valence-corrected chi connectivity index (χ2v) is 7.17. The molecule has 0 spiro atoms. The third-order valence-electron chi connectivity index (χ3n) is 4.50. The minimum atomic E-state index is -0.349. The lowest BCUT2D eigenvalue weighted by molar-refractivity contribution is 0.101. The normalized spacial score (nSPS) is 10.3. The number of aromatic nitrogens is 1. The Morgan fingerprint density at radius 2 is 1.47 bits per heavy atom. The number of ether oxygens (including phenoxy) is 1. The summed E-state index contributed by atoms with van der Waals surface area (Å²) in [6, 6.07) is 24.2. The van der Waals surface area contributed by atoms with E-state index < -0.39 is 0 Å². The van der Waals surface area contributed by atoms with Gasteiger partial charge in [0, 0.05) is 23.6 Å². The van der Waals surface area contributed by atoms with Gasteiger partial charge in [0.25, 0.3) is 11.8 Å². The number of para-hydroxylation sites is 3. The fraction of sp³-hybridized carbons (Fsp3) is 0. The molecule has 1 aromatic heterocycles. The van der Waals surface area contributed by atoms with E-state index in [2.05, 4.69) is 15.6 Å². The fourth-order valence-corrected chi connectivity index (χ4v) is 3.11. The number of hydrogen-bond donors (Lipinski definition) is 2. The van der Waals surface area contributed by atoms with Crippen LogP contribution in [0.25, 0.3) is 0 Å². The van der Waals surface area contributed by atoms with Crippen LogP contribution in [0, 0.1) is 0 Å². The molecule has 3 aromatic carbocycles. The molecule has 6 nitrogen and oxygen atoms in total. The third kappa shape index (κ3) is 5.11. The molecule has 0 fully saturated rings. The first-order valence-electron chi connectivity index (χ1n) is 9.74. The Hall–Kier alpha value is -4.16. The van der Waals surface area contributed by atoms with Crippen LogP contribution in [-0.2, 0) is 0 Å². The van der Waals surface area contributed by atoms with Gasteiger partial charge in [-0.05, 0) is 54.6 Å². The quantitative estimate of drug-likeness (QED) is 0.381. The maximum Gasteiger partial charge on any atom is 0.257 e. The minimum Gasteiger partial charge on any atom is -0.454 e. The number of pyridine rings is 1. The van der Waals surface area contributed by atoms with E-state index in [0.717, 1.165) is 0 Å². The van der Waals surface area contributed by atoms with Gasteiger partial charge in [-0.1, -0.05) is 41.9 Å². The van der Waals surface area contributed by atoms with Crippen LogP contribution in [0.5, 0.6) is 11.5 Å². The van der Waals surface area contributed by atoms with Crippen molar-refractivity contribution in [1.29, 1.82) is 0 Å². The lowest BCUT2D eigenvalue weighted by Gasteiger charge is -2.13. The highest BCUT2D eigenvalue weighted by molar-refractivity contribution is 6.32. The van der Waals surface area contributed by atoms with Gasteiger partial charge in [0.1, 0.15) is 5.75 Å². The van der Waals surface area contributed by atoms with Crippen LogP contribution >= 0.6 is 11.6 Å². The molecule has 7 heteroatoms. The summed E-state index contributed by atoms with van der Waals surface area (Å²) in [5.74, 6) is 0.276. The molecular weight excluding hydrogens is 426 g/mol. The van der Waals surface area contributed by atoms with Crippen LogP contribution in [0.1, 0.15) is 20.7 Å². The summed E-state index contributed by atoms with van der Waals surface area (Å²) in [7, 11) is 0. The van der Waals surface area contributed by atoms with E-state index >= 15 is 0 Å². The first-order valence-corrected chi connectivity index (χ1v) is 10.1. The summed E-state index contributed by atoms with van der Waals surface area (Å²) in [4.78, 5) is 29.2. The van der Waals surface area contributed by atoms with Gasteiger partial charge in [-0.3, -0.25) is 14.6 Å². The van der Waals surface area contributed by atoms with Crippen molar-refractivity contribution < 1.29 is 14.3 Å². The SMILES string of the molecule is O=C(Nc1cccc(C(=O)Nc2ccccc2Oc2ccccc2Cl)c1)c1cccnc1. The molecule has 0 atom stereocenters. The summed E-state index contributed by atoms with van der Waals surface area (Å²) in [5.41, 5.74) is 1.78. The van der Waals surface area contributed by atoms with E-state index in [1.807, 2.05) is 12.1 Å². The number of amides is 2. The lowest BCUT2D eigenvalue weighted by atomic mass is 10.1. The number of nitrogens with zero attached hydrogens (tertiary/aromatic N) is 1. The van der Waals surface area contributed by atoms with Crippen molar-refractivity contribution in [2.24, 2.45) is 0 Å². The predicted molar refractivity (Wildman–Crippen MR) is 125 cm³/mol. The molecule has 158 valence electrons. The summed E-state index contributed by atoms with van der Waals surface area (Å²) < 4.78 is 5.89.